The first-order valence-electron chi connectivity index (χ1n) is 5.69. The Morgan fingerprint density at radius 1 is 1.26 bits per heavy atom. The molecule has 100 valence electrons. The summed E-state index contributed by atoms with van der Waals surface area (Å²) in [5.74, 6) is -0.793. The van der Waals surface area contributed by atoms with E-state index in [1.54, 1.807) is 27.9 Å². The monoisotopic (exact) mass is 260 g/mol. The Hall–Kier alpha value is -2.35. The van der Waals surface area contributed by atoms with Crippen molar-refractivity contribution in [3.63, 3.8) is 0 Å². The molecule has 0 bridgehead atoms. The van der Waals surface area contributed by atoms with Gasteiger partial charge in [-0.25, -0.2) is 4.79 Å². The Bertz CT molecular complexity index is 583. The van der Waals surface area contributed by atoms with E-state index in [4.69, 9.17) is 5.26 Å². The van der Waals surface area contributed by atoms with Crippen molar-refractivity contribution in [1.82, 2.24) is 4.90 Å². The van der Waals surface area contributed by atoms with Gasteiger partial charge < -0.3 is 9.64 Å². The first-order valence-corrected chi connectivity index (χ1v) is 5.69. The predicted octanol–water partition coefficient (Wildman–Crippen LogP) is 1.66. The molecule has 0 atom stereocenters. The first kappa shape index (κ1) is 14.7. The van der Waals surface area contributed by atoms with Crippen LogP contribution in [0.5, 0.6) is 0 Å². The molecule has 0 radical (unpaired) electrons. The van der Waals surface area contributed by atoms with E-state index in [0.29, 0.717) is 22.3 Å². The van der Waals surface area contributed by atoms with Gasteiger partial charge in [0.25, 0.3) is 5.91 Å². The van der Waals surface area contributed by atoms with E-state index in [1.165, 1.54) is 18.1 Å². The minimum atomic E-state index is -0.554. The van der Waals surface area contributed by atoms with Crippen LogP contribution < -0.4 is 0 Å². The number of methoxy groups -OCH3 is 1. The Kier molecular flexibility index (Phi) is 4.28. The second kappa shape index (κ2) is 5.53. The minimum absolute atomic E-state index is 0.239. The van der Waals surface area contributed by atoms with Crippen molar-refractivity contribution in [2.75, 3.05) is 21.2 Å². The average molecular weight is 260 g/mol. The van der Waals surface area contributed by atoms with Crippen molar-refractivity contribution >= 4 is 11.9 Å². The molecule has 0 saturated carbocycles. The molecule has 5 heteroatoms. The second-order valence-corrected chi connectivity index (χ2v) is 4.40. The standard InChI is InChI=1S/C14H16N2O3/c1-8-10(7-15)6-11(14(18)19-5)9(2)12(8)13(17)16(3)4/h6H,1-5H3. The number of hydrogen-bond acceptors (Lipinski definition) is 4. The van der Waals surface area contributed by atoms with Gasteiger partial charge in [0, 0.05) is 19.7 Å². The topological polar surface area (TPSA) is 70.4 Å². The maximum Gasteiger partial charge on any atom is 0.338 e. The molecule has 1 rings (SSSR count). The van der Waals surface area contributed by atoms with Crippen molar-refractivity contribution < 1.29 is 14.3 Å². The van der Waals surface area contributed by atoms with Crippen LogP contribution in [0.25, 0.3) is 0 Å². The number of amides is 1. The Labute approximate surface area is 112 Å². The number of esters is 1. The number of rotatable bonds is 2. The van der Waals surface area contributed by atoms with Gasteiger partial charge in [-0.2, -0.15) is 5.26 Å². The highest BCUT2D eigenvalue weighted by Crippen LogP contribution is 2.24. The fourth-order valence-electron chi connectivity index (χ4n) is 1.89. The van der Waals surface area contributed by atoms with Gasteiger partial charge >= 0.3 is 5.97 Å². The van der Waals surface area contributed by atoms with Crippen molar-refractivity contribution in [3.8, 4) is 6.07 Å². The van der Waals surface area contributed by atoms with Gasteiger partial charge in [0.05, 0.1) is 24.3 Å². The van der Waals surface area contributed by atoms with Crippen molar-refractivity contribution in [1.29, 1.82) is 5.26 Å². The van der Waals surface area contributed by atoms with Crippen LogP contribution in [0, 0.1) is 25.2 Å². The number of ether oxygens (including phenoxy) is 1. The van der Waals surface area contributed by atoms with Crippen LogP contribution in [-0.4, -0.2) is 38.0 Å². The predicted molar refractivity (Wildman–Crippen MR) is 70.0 cm³/mol. The quantitative estimate of drug-likeness (QED) is 0.758. The minimum Gasteiger partial charge on any atom is -0.465 e. The van der Waals surface area contributed by atoms with Crippen LogP contribution >= 0.6 is 0 Å². The van der Waals surface area contributed by atoms with Crippen LogP contribution in [0.2, 0.25) is 0 Å². The van der Waals surface area contributed by atoms with Crippen molar-refractivity contribution in [2.24, 2.45) is 0 Å². The zero-order valence-corrected chi connectivity index (χ0v) is 11.7. The zero-order chi connectivity index (χ0) is 14.7. The molecule has 0 aliphatic carbocycles. The lowest BCUT2D eigenvalue weighted by Crippen LogP contribution is -2.25. The molecular weight excluding hydrogens is 244 g/mol. The smallest absolute Gasteiger partial charge is 0.338 e. The van der Waals surface area contributed by atoms with Gasteiger partial charge in [0.2, 0.25) is 0 Å². The zero-order valence-electron chi connectivity index (χ0n) is 11.7. The van der Waals surface area contributed by atoms with Gasteiger partial charge in [-0.3, -0.25) is 4.79 Å². The molecule has 0 aliphatic rings. The highest BCUT2D eigenvalue weighted by molar-refractivity contribution is 6.02. The molecule has 1 aromatic rings. The lowest BCUT2D eigenvalue weighted by Gasteiger charge is -2.17. The fourth-order valence-corrected chi connectivity index (χ4v) is 1.89. The van der Waals surface area contributed by atoms with Gasteiger partial charge in [-0.05, 0) is 31.0 Å². The molecule has 0 saturated heterocycles. The summed E-state index contributed by atoms with van der Waals surface area (Å²) in [5, 5.41) is 9.11. The summed E-state index contributed by atoms with van der Waals surface area (Å²) in [5.41, 5.74) is 2.03. The molecule has 0 unspecified atom stereocenters. The van der Waals surface area contributed by atoms with E-state index in [2.05, 4.69) is 4.74 Å². The number of nitrogens with zero attached hydrogens (tertiary/aromatic N) is 2. The summed E-state index contributed by atoms with van der Waals surface area (Å²) >= 11 is 0. The van der Waals surface area contributed by atoms with Crippen LogP contribution in [0.1, 0.15) is 37.4 Å². The lowest BCUT2D eigenvalue weighted by molar-refractivity contribution is 0.0600. The molecule has 19 heavy (non-hydrogen) atoms. The van der Waals surface area contributed by atoms with E-state index in [0.717, 1.165) is 0 Å². The Morgan fingerprint density at radius 3 is 2.26 bits per heavy atom. The summed E-state index contributed by atoms with van der Waals surface area (Å²) in [4.78, 5) is 25.3. The third-order valence-electron chi connectivity index (χ3n) is 2.99. The second-order valence-electron chi connectivity index (χ2n) is 4.40. The molecule has 1 aromatic carbocycles. The third-order valence-corrected chi connectivity index (χ3v) is 2.99. The van der Waals surface area contributed by atoms with E-state index < -0.39 is 5.97 Å². The summed E-state index contributed by atoms with van der Waals surface area (Å²) in [6.07, 6.45) is 0. The molecule has 1 amide bonds. The van der Waals surface area contributed by atoms with Gasteiger partial charge in [0.15, 0.2) is 0 Å². The Morgan fingerprint density at radius 2 is 1.84 bits per heavy atom. The van der Waals surface area contributed by atoms with E-state index >= 15 is 0 Å². The molecule has 0 aliphatic heterocycles. The molecule has 0 N–H and O–H groups in total. The summed E-state index contributed by atoms with van der Waals surface area (Å²) in [6.45, 7) is 3.38. The Balaban J connectivity index is 3.66. The highest BCUT2D eigenvalue weighted by Gasteiger charge is 2.22. The van der Waals surface area contributed by atoms with Crippen LogP contribution in [0.4, 0.5) is 0 Å². The molecule has 0 fully saturated rings. The van der Waals surface area contributed by atoms with Crippen LogP contribution in [0.3, 0.4) is 0 Å². The van der Waals surface area contributed by atoms with Gasteiger partial charge in [-0.15, -0.1) is 0 Å². The van der Waals surface area contributed by atoms with Gasteiger partial charge in [-0.1, -0.05) is 0 Å². The number of nitriles is 1. The third kappa shape index (κ3) is 2.58. The van der Waals surface area contributed by atoms with Crippen molar-refractivity contribution in [2.45, 2.75) is 13.8 Å². The molecule has 0 aromatic heterocycles. The van der Waals surface area contributed by atoms with E-state index in [9.17, 15) is 9.59 Å². The normalized spacial score (nSPS) is 9.68. The first-order chi connectivity index (χ1) is 8.84. The number of carbonyl (C=O) groups is 2. The highest BCUT2D eigenvalue weighted by atomic mass is 16.5. The van der Waals surface area contributed by atoms with Crippen LogP contribution in [0.15, 0.2) is 6.07 Å². The summed E-state index contributed by atoms with van der Waals surface area (Å²) < 4.78 is 4.68. The summed E-state index contributed by atoms with van der Waals surface area (Å²) in [6, 6.07) is 3.46. The number of carbonyl (C=O) groups excluding carboxylic acids is 2. The summed E-state index contributed by atoms with van der Waals surface area (Å²) in [7, 11) is 4.51. The number of benzene rings is 1. The van der Waals surface area contributed by atoms with Crippen LogP contribution in [-0.2, 0) is 4.74 Å². The lowest BCUT2D eigenvalue weighted by atomic mass is 9.92. The maximum absolute atomic E-state index is 12.2. The molecule has 5 nitrogen and oxygen atoms in total. The fraction of sp³-hybridized carbons (Fsp3) is 0.357. The maximum atomic E-state index is 12.2. The largest absolute Gasteiger partial charge is 0.465 e. The van der Waals surface area contributed by atoms with E-state index in [1.807, 2.05) is 6.07 Å². The molecule has 0 heterocycles. The SMILES string of the molecule is COC(=O)c1cc(C#N)c(C)c(C(=O)N(C)C)c1C. The van der Waals surface area contributed by atoms with Gasteiger partial charge in [0.1, 0.15) is 0 Å². The van der Waals surface area contributed by atoms with Crippen molar-refractivity contribution in [3.05, 3.63) is 33.9 Å². The van der Waals surface area contributed by atoms with E-state index in [-0.39, 0.29) is 11.5 Å². The average Bonchev–Trinajstić information content (AvgIpc) is 2.38. The molecular formula is C14H16N2O3. The molecule has 0 spiro atoms. The number of hydrogen-bond donors (Lipinski definition) is 0.